The van der Waals surface area contributed by atoms with Gasteiger partial charge in [-0.05, 0) is 93.8 Å². The van der Waals surface area contributed by atoms with Gasteiger partial charge in [-0.2, -0.15) is 0 Å². The van der Waals surface area contributed by atoms with E-state index in [4.69, 9.17) is 37.4 Å². The Labute approximate surface area is 317 Å². The van der Waals surface area contributed by atoms with Crippen molar-refractivity contribution >= 4 is 47.4 Å². The average Bonchev–Trinajstić information content (AvgIpc) is 3.60. The quantitative estimate of drug-likeness (QED) is 0.256. The number of nitrogens with zero attached hydrogens (tertiary/aromatic N) is 5. The Bertz CT molecular complexity index is 1660. The Morgan fingerprint density at radius 2 is 1.49 bits per heavy atom. The molecular formula is C38H48Cl3N5O5. The molecule has 3 aliphatic heterocycles. The van der Waals surface area contributed by atoms with Crippen molar-refractivity contribution in [1.29, 1.82) is 0 Å². The van der Waals surface area contributed by atoms with E-state index in [1.807, 2.05) is 35.4 Å². The van der Waals surface area contributed by atoms with E-state index < -0.39 is 5.41 Å². The van der Waals surface area contributed by atoms with Crippen LogP contribution in [0.1, 0.15) is 47.2 Å². The first-order chi connectivity index (χ1) is 24.1. The summed E-state index contributed by atoms with van der Waals surface area (Å²) in [5, 5.41) is 1.00. The summed E-state index contributed by atoms with van der Waals surface area (Å²) < 4.78 is 16.5. The molecule has 13 heteroatoms. The van der Waals surface area contributed by atoms with Crippen LogP contribution in [0.5, 0.6) is 17.2 Å². The van der Waals surface area contributed by atoms with Crippen LogP contribution in [-0.4, -0.2) is 124 Å². The van der Waals surface area contributed by atoms with Crippen LogP contribution in [0.3, 0.4) is 0 Å². The fourth-order valence-corrected chi connectivity index (χ4v) is 8.26. The van der Waals surface area contributed by atoms with E-state index in [9.17, 15) is 9.59 Å². The molecule has 3 aromatic rings. The monoisotopic (exact) mass is 759 g/mol. The molecule has 10 nitrogen and oxygen atoms in total. The van der Waals surface area contributed by atoms with E-state index in [0.29, 0.717) is 45.9 Å². The topological polar surface area (TPSA) is 87.7 Å². The van der Waals surface area contributed by atoms with Gasteiger partial charge < -0.3 is 33.8 Å². The molecular weight excluding hydrogens is 713 g/mol. The SMILES string of the molecule is COc1cc(C(=O)N2CC[C@](CCN3CCC(C(=O)N4CCN(C)CC4)(c4cccnc4)CC3)(c3ccc(Cl)c(Cl)c3)C2)cc(OC)c1OC.Cl. The molecule has 0 saturated carbocycles. The summed E-state index contributed by atoms with van der Waals surface area (Å²) in [6, 6.07) is 13.2. The molecule has 2 amide bonds. The maximum absolute atomic E-state index is 14.3. The number of ether oxygens (including phenoxy) is 3. The molecule has 3 fully saturated rings. The number of rotatable bonds is 10. The maximum atomic E-state index is 14.3. The molecule has 3 saturated heterocycles. The van der Waals surface area contributed by atoms with Gasteiger partial charge in [0.25, 0.3) is 5.91 Å². The highest BCUT2D eigenvalue weighted by molar-refractivity contribution is 6.42. The fourth-order valence-electron chi connectivity index (χ4n) is 7.96. The molecule has 4 heterocycles. The number of benzene rings is 2. The van der Waals surface area contributed by atoms with Crippen LogP contribution in [-0.2, 0) is 15.6 Å². The number of piperazine rings is 1. The molecule has 0 unspecified atom stereocenters. The number of hydrogen-bond donors (Lipinski definition) is 0. The van der Waals surface area contributed by atoms with Crippen molar-refractivity contribution in [3.63, 3.8) is 0 Å². The molecule has 1 aromatic heterocycles. The second kappa shape index (κ2) is 16.6. The van der Waals surface area contributed by atoms with Gasteiger partial charge in [-0.25, -0.2) is 0 Å². The summed E-state index contributed by atoms with van der Waals surface area (Å²) in [7, 11) is 6.73. The predicted molar refractivity (Wildman–Crippen MR) is 202 cm³/mol. The lowest BCUT2D eigenvalue weighted by molar-refractivity contribution is -0.141. The van der Waals surface area contributed by atoms with Crippen LogP contribution in [0.25, 0.3) is 0 Å². The minimum atomic E-state index is -0.584. The molecule has 0 aliphatic carbocycles. The standard InChI is InChI=1S/C38H47Cl2N5O5.ClH/c1-42-18-20-44(21-19-42)36(47)38(29-6-5-13-41-25-29)11-15-43(16-12-38)14-9-37(28-7-8-30(39)31(40)24-28)10-17-45(26-37)35(46)27-22-32(48-2)34(50-4)33(23-27)49-3;/h5-8,13,22-25H,9-12,14-21,26H2,1-4H3;1H/t37-;/m0./s1. The Morgan fingerprint density at radius 1 is 0.804 bits per heavy atom. The van der Waals surface area contributed by atoms with E-state index in [2.05, 4.69) is 32.8 Å². The lowest BCUT2D eigenvalue weighted by Gasteiger charge is -2.45. The number of amides is 2. The van der Waals surface area contributed by atoms with Gasteiger partial charge in [0.15, 0.2) is 11.5 Å². The highest BCUT2D eigenvalue weighted by atomic mass is 35.5. The zero-order valence-electron chi connectivity index (χ0n) is 29.8. The number of carbonyl (C=O) groups excluding carboxylic acids is 2. The van der Waals surface area contributed by atoms with E-state index in [1.165, 1.54) is 0 Å². The minimum absolute atomic E-state index is 0. The van der Waals surface area contributed by atoms with Gasteiger partial charge in [0, 0.05) is 62.6 Å². The zero-order chi connectivity index (χ0) is 35.5. The zero-order valence-corrected chi connectivity index (χ0v) is 32.2. The third-order valence-electron chi connectivity index (χ3n) is 11.1. The second-order valence-electron chi connectivity index (χ2n) is 13.8. The van der Waals surface area contributed by atoms with Crippen molar-refractivity contribution in [3.05, 3.63) is 81.6 Å². The van der Waals surface area contributed by atoms with E-state index in [1.54, 1.807) is 39.7 Å². The molecule has 1 atom stereocenters. The fraction of sp³-hybridized carbons (Fsp3) is 0.500. The first-order valence-electron chi connectivity index (χ1n) is 17.3. The van der Waals surface area contributed by atoms with Crippen LogP contribution in [0.4, 0.5) is 0 Å². The van der Waals surface area contributed by atoms with Crippen molar-refractivity contribution in [2.45, 2.75) is 36.5 Å². The number of likely N-dealkylation sites (N-methyl/N-ethyl adjacent to an activating group) is 1. The molecule has 0 radical (unpaired) electrons. The summed E-state index contributed by atoms with van der Waals surface area (Å²) in [5.41, 5.74) is 1.63. The molecule has 3 aliphatic rings. The summed E-state index contributed by atoms with van der Waals surface area (Å²) in [4.78, 5) is 41.4. The van der Waals surface area contributed by atoms with Gasteiger partial charge in [-0.1, -0.05) is 35.3 Å². The van der Waals surface area contributed by atoms with Gasteiger partial charge in [-0.15, -0.1) is 12.4 Å². The van der Waals surface area contributed by atoms with Gasteiger partial charge in [0.05, 0.1) is 36.8 Å². The number of likely N-dealkylation sites (tertiary alicyclic amines) is 2. The van der Waals surface area contributed by atoms with Gasteiger partial charge in [-0.3, -0.25) is 14.6 Å². The molecule has 6 rings (SSSR count). The van der Waals surface area contributed by atoms with Gasteiger partial charge in [0.1, 0.15) is 0 Å². The average molecular weight is 761 g/mol. The van der Waals surface area contributed by atoms with Crippen LogP contribution >= 0.6 is 35.6 Å². The van der Waals surface area contributed by atoms with Crippen LogP contribution in [0, 0.1) is 0 Å². The lowest BCUT2D eigenvalue weighted by atomic mass is 9.71. The van der Waals surface area contributed by atoms with Crippen LogP contribution < -0.4 is 14.2 Å². The smallest absolute Gasteiger partial charge is 0.254 e. The molecule has 51 heavy (non-hydrogen) atoms. The van der Waals surface area contributed by atoms with Crippen molar-refractivity contribution in [3.8, 4) is 17.2 Å². The number of carbonyl (C=O) groups is 2. The summed E-state index contributed by atoms with van der Waals surface area (Å²) in [6.45, 7) is 6.78. The van der Waals surface area contributed by atoms with Crippen molar-refractivity contribution in [1.82, 2.24) is 24.6 Å². The van der Waals surface area contributed by atoms with E-state index in [-0.39, 0.29) is 29.6 Å². The number of aromatic nitrogens is 1. The first kappa shape index (κ1) is 38.9. The summed E-state index contributed by atoms with van der Waals surface area (Å²) >= 11 is 12.9. The largest absolute Gasteiger partial charge is 0.493 e. The summed E-state index contributed by atoms with van der Waals surface area (Å²) in [5.74, 6) is 1.43. The maximum Gasteiger partial charge on any atom is 0.254 e. The molecule has 2 aromatic carbocycles. The van der Waals surface area contributed by atoms with Crippen molar-refractivity contribution < 1.29 is 23.8 Å². The lowest BCUT2D eigenvalue weighted by Crippen LogP contribution is -2.57. The Kier molecular flexibility index (Phi) is 12.7. The highest BCUT2D eigenvalue weighted by Gasteiger charge is 2.47. The number of halogens is 3. The van der Waals surface area contributed by atoms with Crippen molar-refractivity contribution in [2.75, 3.05) is 87.3 Å². The number of methoxy groups -OCH3 is 3. The molecule has 0 N–H and O–H groups in total. The number of piperidine rings is 1. The second-order valence-corrected chi connectivity index (χ2v) is 14.6. The van der Waals surface area contributed by atoms with Crippen LogP contribution in [0.15, 0.2) is 54.9 Å². The number of pyridine rings is 1. The van der Waals surface area contributed by atoms with Crippen LogP contribution in [0.2, 0.25) is 10.0 Å². The van der Waals surface area contributed by atoms with Gasteiger partial charge >= 0.3 is 0 Å². The molecule has 276 valence electrons. The summed E-state index contributed by atoms with van der Waals surface area (Å²) in [6.07, 6.45) is 6.70. The van der Waals surface area contributed by atoms with Gasteiger partial charge in [0.2, 0.25) is 11.7 Å². The van der Waals surface area contributed by atoms with E-state index >= 15 is 0 Å². The normalized spacial score (nSPS) is 20.8. The van der Waals surface area contributed by atoms with Crippen molar-refractivity contribution in [2.24, 2.45) is 0 Å². The predicted octanol–water partition coefficient (Wildman–Crippen LogP) is 5.82. The third-order valence-corrected chi connectivity index (χ3v) is 11.9. The Morgan fingerprint density at radius 3 is 2.08 bits per heavy atom. The number of hydrogen-bond acceptors (Lipinski definition) is 8. The Balaban J connectivity index is 0.00000504. The van der Waals surface area contributed by atoms with E-state index in [0.717, 1.165) is 82.6 Å². The molecule has 0 bridgehead atoms. The Hall–Kier alpha value is -3.28. The highest BCUT2D eigenvalue weighted by Crippen LogP contribution is 2.44. The molecule has 0 spiro atoms. The third kappa shape index (κ3) is 7.90. The first-order valence-corrected chi connectivity index (χ1v) is 18.0. The minimum Gasteiger partial charge on any atom is -0.493 e.